The van der Waals surface area contributed by atoms with Crippen molar-refractivity contribution in [2.75, 3.05) is 0 Å². The SMILES string of the molecule is O=C(NCc1cncc(C2CC2)c1)c1cc(-c2cccnc2)on1. The molecule has 3 heterocycles. The van der Waals surface area contributed by atoms with Gasteiger partial charge in [0.2, 0.25) is 0 Å². The number of aromatic nitrogens is 3. The highest BCUT2D eigenvalue weighted by molar-refractivity contribution is 5.93. The molecule has 0 radical (unpaired) electrons. The third kappa shape index (κ3) is 3.17. The minimum absolute atomic E-state index is 0.250. The predicted molar refractivity (Wildman–Crippen MR) is 87.1 cm³/mol. The summed E-state index contributed by atoms with van der Waals surface area (Å²) in [6, 6.07) is 7.38. The topological polar surface area (TPSA) is 80.9 Å². The summed E-state index contributed by atoms with van der Waals surface area (Å²) in [5, 5.41) is 6.68. The third-order valence-electron chi connectivity index (χ3n) is 4.01. The molecular formula is C18H16N4O2. The van der Waals surface area contributed by atoms with Gasteiger partial charge >= 0.3 is 0 Å². The van der Waals surface area contributed by atoms with Gasteiger partial charge < -0.3 is 9.84 Å². The lowest BCUT2D eigenvalue weighted by molar-refractivity contribution is 0.0942. The van der Waals surface area contributed by atoms with Crippen LogP contribution in [0.5, 0.6) is 0 Å². The number of amides is 1. The fourth-order valence-electron chi connectivity index (χ4n) is 2.54. The average molecular weight is 320 g/mol. The fraction of sp³-hybridized carbons (Fsp3) is 0.222. The van der Waals surface area contributed by atoms with Crippen LogP contribution >= 0.6 is 0 Å². The second kappa shape index (κ2) is 6.23. The van der Waals surface area contributed by atoms with E-state index in [0.717, 1.165) is 11.1 Å². The number of rotatable bonds is 5. The summed E-state index contributed by atoms with van der Waals surface area (Å²) in [5.41, 5.74) is 3.27. The van der Waals surface area contributed by atoms with E-state index in [1.54, 1.807) is 30.7 Å². The number of nitrogens with one attached hydrogen (secondary N) is 1. The molecule has 24 heavy (non-hydrogen) atoms. The Bertz CT molecular complexity index is 856. The second-order valence-electron chi connectivity index (χ2n) is 5.90. The molecule has 6 nitrogen and oxygen atoms in total. The Labute approximate surface area is 138 Å². The predicted octanol–water partition coefficient (Wildman–Crippen LogP) is 2.94. The number of carbonyl (C=O) groups is 1. The molecule has 1 fully saturated rings. The molecule has 3 aromatic heterocycles. The van der Waals surface area contributed by atoms with Gasteiger partial charge in [0.15, 0.2) is 11.5 Å². The van der Waals surface area contributed by atoms with Gasteiger partial charge in [-0.25, -0.2) is 0 Å². The third-order valence-corrected chi connectivity index (χ3v) is 4.01. The van der Waals surface area contributed by atoms with Crippen molar-refractivity contribution in [1.82, 2.24) is 20.4 Å². The minimum atomic E-state index is -0.272. The molecule has 0 atom stereocenters. The van der Waals surface area contributed by atoms with Crippen LogP contribution in [0.15, 0.2) is 53.6 Å². The van der Waals surface area contributed by atoms with Gasteiger partial charge in [0.25, 0.3) is 5.91 Å². The lowest BCUT2D eigenvalue weighted by Gasteiger charge is -2.04. The van der Waals surface area contributed by atoms with Crippen molar-refractivity contribution < 1.29 is 9.32 Å². The van der Waals surface area contributed by atoms with Gasteiger partial charge in [-0.2, -0.15) is 0 Å². The molecule has 0 unspecified atom stereocenters. The summed E-state index contributed by atoms with van der Waals surface area (Å²) < 4.78 is 5.22. The van der Waals surface area contributed by atoms with E-state index in [1.807, 2.05) is 12.3 Å². The molecule has 1 N–H and O–H groups in total. The summed E-state index contributed by atoms with van der Waals surface area (Å²) in [4.78, 5) is 20.5. The molecule has 1 amide bonds. The molecule has 3 aromatic rings. The van der Waals surface area contributed by atoms with Crippen LogP contribution in [0.2, 0.25) is 0 Å². The zero-order valence-corrected chi connectivity index (χ0v) is 13.0. The lowest BCUT2D eigenvalue weighted by atomic mass is 10.1. The Kier molecular flexibility index (Phi) is 3.78. The van der Waals surface area contributed by atoms with Crippen LogP contribution in [-0.4, -0.2) is 21.0 Å². The Morgan fingerprint density at radius 1 is 1.21 bits per heavy atom. The number of carbonyl (C=O) groups excluding carboxylic acids is 1. The number of pyridine rings is 2. The van der Waals surface area contributed by atoms with Crippen molar-refractivity contribution in [3.8, 4) is 11.3 Å². The van der Waals surface area contributed by atoms with Gasteiger partial charge in [-0.15, -0.1) is 0 Å². The highest BCUT2D eigenvalue weighted by Crippen LogP contribution is 2.39. The van der Waals surface area contributed by atoms with Crippen LogP contribution in [0.25, 0.3) is 11.3 Å². The maximum absolute atomic E-state index is 12.2. The highest BCUT2D eigenvalue weighted by atomic mass is 16.5. The molecule has 0 aromatic carbocycles. The Morgan fingerprint density at radius 3 is 2.92 bits per heavy atom. The largest absolute Gasteiger partial charge is 0.355 e. The van der Waals surface area contributed by atoms with Crippen molar-refractivity contribution in [2.24, 2.45) is 0 Å². The first-order chi connectivity index (χ1) is 11.8. The normalized spacial score (nSPS) is 13.7. The molecule has 4 rings (SSSR count). The summed E-state index contributed by atoms with van der Waals surface area (Å²) >= 11 is 0. The molecule has 0 spiro atoms. The molecule has 1 saturated carbocycles. The zero-order chi connectivity index (χ0) is 16.4. The molecule has 6 heteroatoms. The van der Waals surface area contributed by atoms with Gasteiger partial charge in [-0.3, -0.25) is 14.8 Å². The molecule has 0 bridgehead atoms. The van der Waals surface area contributed by atoms with E-state index in [9.17, 15) is 4.79 Å². The van der Waals surface area contributed by atoms with Crippen LogP contribution in [-0.2, 0) is 6.54 Å². The summed E-state index contributed by atoms with van der Waals surface area (Å²) in [7, 11) is 0. The monoisotopic (exact) mass is 320 g/mol. The molecule has 0 saturated heterocycles. The maximum Gasteiger partial charge on any atom is 0.273 e. The quantitative estimate of drug-likeness (QED) is 0.781. The number of hydrogen-bond donors (Lipinski definition) is 1. The van der Waals surface area contributed by atoms with E-state index in [-0.39, 0.29) is 11.6 Å². The van der Waals surface area contributed by atoms with Crippen LogP contribution in [0.3, 0.4) is 0 Å². The van der Waals surface area contributed by atoms with E-state index in [0.29, 0.717) is 18.2 Å². The van der Waals surface area contributed by atoms with Gasteiger partial charge in [-0.1, -0.05) is 11.2 Å². The lowest BCUT2D eigenvalue weighted by Crippen LogP contribution is -2.23. The van der Waals surface area contributed by atoms with Crippen molar-refractivity contribution in [2.45, 2.75) is 25.3 Å². The van der Waals surface area contributed by atoms with E-state index < -0.39 is 0 Å². The molecular weight excluding hydrogens is 304 g/mol. The van der Waals surface area contributed by atoms with Crippen molar-refractivity contribution in [3.05, 3.63) is 65.9 Å². The molecule has 1 aliphatic rings. The van der Waals surface area contributed by atoms with Crippen molar-refractivity contribution >= 4 is 5.91 Å². The number of nitrogens with zero attached hydrogens (tertiary/aromatic N) is 3. The first kappa shape index (κ1) is 14.6. The minimum Gasteiger partial charge on any atom is -0.355 e. The molecule has 120 valence electrons. The van der Waals surface area contributed by atoms with E-state index in [4.69, 9.17) is 4.52 Å². The molecule has 1 aliphatic carbocycles. The smallest absolute Gasteiger partial charge is 0.273 e. The number of hydrogen-bond acceptors (Lipinski definition) is 5. The van der Waals surface area contributed by atoms with Gasteiger partial charge in [-0.05, 0) is 42.0 Å². The van der Waals surface area contributed by atoms with Crippen LogP contribution < -0.4 is 5.32 Å². The second-order valence-corrected chi connectivity index (χ2v) is 5.90. The van der Waals surface area contributed by atoms with Crippen molar-refractivity contribution in [3.63, 3.8) is 0 Å². The fourth-order valence-corrected chi connectivity index (χ4v) is 2.54. The Hall–Kier alpha value is -3.02. The summed E-state index contributed by atoms with van der Waals surface area (Å²) in [6.45, 7) is 0.418. The highest BCUT2D eigenvalue weighted by Gasteiger charge is 2.23. The van der Waals surface area contributed by atoms with Crippen LogP contribution in [0.1, 0.15) is 40.4 Å². The van der Waals surface area contributed by atoms with Gasteiger partial charge in [0.05, 0.1) is 0 Å². The molecule has 0 aliphatic heterocycles. The Morgan fingerprint density at radius 2 is 2.12 bits per heavy atom. The average Bonchev–Trinajstić information content (AvgIpc) is 3.37. The summed E-state index contributed by atoms with van der Waals surface area (Å²) in [5.74, 6) is 0.891. The van der Waals surface area contributed by atoms with Gasteiger partial charge in [0, 0.05) is 43.0 Å². The Balaban J connectivity index is 1.41. The first-order valence-corrected chi connectivity index (χ1v) is 7.89. The maximum atomic E-state index is 12.2. The zero-order valence-electron chi connectivity index (χ0n) is 13.0. The van der Waals surface area contributed by atoms with E-state index >= 15 is 0 Å². The van der Waals surface area contributed by atoms with E-state index in [1.165, 1.54) is 18.4 Å². The first-order valence-electron chi connectivity index (χ1n) is 7.89. The van der Waals surface area contributed by atoms with Crippen molar-refractivity contribution in [1.29, 1.82) is 0 Å². The summed E-state index contributed by atoms with van der Waals surface area (Å²) in [6.07, 6.45) is 9.48. The van der Waals surface area contributed by atoms with Crippen LogP contribution in [0.4, 0.5) is 0 Å². The van der Waals surface area contributed by atoms with Crippen LogP contribution in [0, 0.1) is 0 Å². The standard InChI is InChI=1S/C18H16N4O2/c23-18(16-7-17(24-22-16)14-2-1-5-19-10-14)21-9-12-6-15(11-20-8-12)13-3-4-13/h1-2,5-8,10-11,13H,3-4,9H2,(H,21,23). The van der Waals surface area contributed by atoms with Gasteiger partial charge in [0.1, 0.15) is 0 Å². The van der Waals surface area contributed by atoms with E-state index in [2.05, 4.69) is 26.5 Å².